The van der Waals surface area contributed by atoms with Crippen LogP contribution in [0.2, 0.25) is 0 Å². The highest BCUT2D eigenvalue weighted by atomic mass is 15.1. The molecular weight excluding hydrogens is 354 g/mol. The smallest absolute Gasteiger partial charge is 0.224 e. The number of hydrogen-bond donors (Lipinski definition) is 0. The Morgan fingerprint density at radius 3 is 2.45 bits per heavy atom. The van der Waals surface area contributed by atoms with Gasteiger partial charge in [0.15, 0.2) is 6.20 Å². The molecule has 0 aliphatic rings. The van der Waals surface area contributed by atoms with E-state index in [1.807, 2.05) is 0 Å². The molecule has 6 aromatic rings. The van der Waals surface area contributed by atoms with Crippen molar-refractivity contribution in [1.29, 1.82) is 0 Å². The molecule has 3 nitrogen and oxygen atoms in total. The van der Waals surface area contributed by atoms with Gasteiger partial charge >= 0.3 is 0 Å². The van der Waals surface area contributed by atoms with Gasteiger partial charge in [0.1, 0.15) is 7.05 Å². The molecule has 6 rings (SSSR count). The van der Waals surface area contributed by atoms with E-state index < -0.39 is 0 Å². The summed E-state index contributed by atoms with van der Waals surface area (Å²) in [7, 11) is 6.40. The first kappa shape index (κ1) is 16.6. The number of fused-ring (bicyclic) bond motifs is 5. The molecule has 0 fully saturated rings. The van der Waals surface area contributed by atoms with Gasteiger partial charge in [0.05, 0.1) is 27.3 Å². The predicted molar refractivity (Wildman–Crippen MR) is 124 cm³/mol. The normalized spacial score (nSPS) is 12.3. The van der Waals surface area contributed by atoms with Crippen molar-refractivity contribution < 1.29 is 4.57 Å². The molecule has 0 N–H and O–H groups in total. The summed E-state index contributed by atoms with van der Waals surface area (Å²) < 4.78 is 4.79. The van der Waals surface area contributed by atoms with Crippen molar-refractivity contribution in [3.05, 3.63) is 65.9 Å². The third-order valence-electron chi connectivity index (χ3n) is 6.67. The van der Waals surface area contributed by atoms with Gasteiger partial charge in [0.25, 0.3) is 0 Å². The second-order valence-electron chi connectivity index (χ2n) is 8.54. The Hall–Kier alpha value is -3.33. The number of benzene rings is 3. The van der Waals surface area contributed by atoms with Crippen LogP contribution >= 0.6 is 0 Å². The molecule has 0 saturated heterocycles. The molecule has 3 heteroatoms. The van der Waals surface area contributed by atoms with E-state index >= 15 is 0 Å². The first-order valence-electron chi connectivity index (χ1n) is 10.1. The second kappa shape index (κ2) is 5.38. The van der Waals surface area contributed by atoms with Crippen molar-refractivity contribution in [3.8, 4) is 0 Å². The van der Waals surface area contributed by atoms with E-state index in [0.29, 0.717) is 0 Å². The lowest BCUT2D eigenvalue weighted by atomic mass is 9.96. The van der Waals surface area contributed by atoms with Crippen LogP contribution in [0.15, 0.2) is 54.7 Å². The van der Waals surface area contributed by atoms with E-state index in [1.54, 1.807) is 0 Å². The summed E-state index contributed by atoms with van der Waals surface area (Å²) in [6.07, 6.45) is 2.20. The lowest BCUT2D eigenvalue weighted by Crippen LogP contribution is -2.29. The van der Waals surface area contributed by atoms with Crippen LogP contribution in [0.5, 0.6) is 0 Å². The van der Waals surface area contributed by atoms with E-state index in [9.17, 15) is 0 Å². The van der Waals surface area contributed by atoms with E-state index in [-0.39, 0.29) is 0 Å². The molecule has 3 heterocycles. The molecular formula is C26H24N3+. The topological polar surface area (TPSA) is 11.5 Å². The molecule has 142 valence electrons. The minimum Gasteiger partial charge on any atom is -0.378 e. The predicted octanol–water partition coefficient (Wildman–Crippen LogP) is 5.50. The van der Waals surface area contributed by atoms with Crippen LogP contribution in [-0.2, 0) is 7.05 Å². The summed E-state index contributed by atoms with van der Waals surface area (Å²) >= 11 is 0. The van der Waals surface area contributed by atoms with Crippen molar-refractivity contribution in [1.82, 2.24) is 4.40 Å². The lowest BCUT2D eigenvalue weighted by molar-refractivity contribution is -0.643. The quantitative estimate of drug-likeness (QED) is 0.209. The molecule has 0 atom stereocenters. The van der Waals surface area contributed by atoms with E-state index in [1.165, 1.54) is 65.8 Å². The Morgan fingerprint density at radius 1 is 0.862 bits per heavy atom. The molecule has 0 saturated carbocycles. The number of anilines is 1. The van der Waals surface area contributed by atoms with E-state index in [2.05, 4.69) is 104 Å². The van der Waals surface area contributed by atoms with Gasteiger partial charge in [0.2, 0.25) is 5.52 Å². The molecule has 0 unspecified atom stereocenters. The summed E-state index contributed by atoms with van der Waals surface area (Å²) in [4.78, 5) is 2.20. The maximum atomic E-state index is 2.49. The van der Waals surface area contributed by atoms with Gasteiger partial charge in [-0.05, 0) is 54.6 Å². The third kappa shape index (κ3) is 1.95. The van der Waals surface area contributed by atoms with Crippen molar-refractivity contribution in [2.75, 3.05) is 19.0 Å². The van der Waals surface area contributed by atoms with Crippen LogP contribution in [0.1, 0.15) is 11.1 Å². The molecule has 3 aromatic carbocycles. The number of rotatable bonds is 1. The number of hydrogen-bond acceptors (Lipinski definition) is 1. The van der Waals surface area contributed by atoms with Crippen molar-refractivity contribution in [3.63, 3.8) is 0 Å². The number of aromatic nitrogens is 2. The van der Waals surface area contributed by atoms with Crippen LogP contribution in [-0.4, -0.2) is 18.5 Å². The first-order chi connectivity index (χ1) is 14.0. The SMILES string of the molecule is Cc1cc2c3ccccc3n3c4cc(N(C)C)cc5cc[n+](C)c(c(c1C)c23)c54. The maximum absolute atomic E-state index is 2.49. The van der Waals surface area contributed by atoms with Crippen molar-refractivity contribution >= 4 is 54.7 Å². The van der Waals surface area contributed by atoms with Gasteiger partial charge < -0.3 is 9.30 Å². The third-order valence-corrected chi connectivity index (χ3v) is 6.67. The van der Waals surface area contributed by atoms with Gasteiger partial charge in [0, 0.05) is 36.6 Å². The van der Waals surface area contributed by atoms with E-state index in [4.69, 9.17) is 0 Å². The molecule has 0 bridgehead atoms. The summed E-state index contributed by atoms with van der Waals surface area (Å²) in [6, 6.07) is 18.1. The molecule has 0 aliphatic heterocycles. The van der Waals surface area contributed by atoms with Gasteiger partial charge in [-0.15, -0.1) is 0 Å². The fraction of sp³-hybridized carbons (Fsp3) is 0.192. The highest BCUT2D eigenvalue weighted by Gasteiger charge is 2.24. The average molecular weight is 378 g/mol. The van der Waals surface area contributed by atoms with Crippen LogP contribution in [0.4, 0.5) is 5.69 Å². The largest absolute Gasteiger partial charge is 0.378 e. The number of aryl methyl sites for hydroxylation is 3. The number of nitrogens with zero attached hydrogens (tertiary/aromatic N) is 3. The van der Waals surface area contributed by atoms with E-state index in [0.717, 1.165) is 0 Å². The summed E-state index contributed by atoms with van der Waals surface area (Å²) in [5.41, 5.74) is 9.16. The minimum absolute atomic E-state index is 1.23. The van der Waals surface area contributed by atoms with Crippen molar-refractivity contribution in [2.24, 2.45) is 7.05 Å². The first-order valence-corrected chi connectivity index (χ1v) is 10.1. The zero-order chi connectivity index (χ0) is 20.0. The summed E-state index contributed by atoms with van der Waals surface area (Å²) in [5, 5.41) is 6.66. The van der Waals surface area contributed by atoms with Gasteiger partial charge in [-0.25, -0.2) is 4.57 Å². The summed E-state index contributed by atoms with van der Waals surface area (Å²) in [6.45, 7) is 4.51. The standard InChI is InChI=1S/C26H24N3/c1-15-12-20-19-8-6-7-9-21(19)29-22-14-18(27(3)4)13-17-10-11-28(5)26(24(17)22)23(16(15)2)25(20)29/h6-14H,1-5H3/q+1. The fourth-order valence-corrected chi connectivity index (χ4v) is 5.10. The van der Waals surface area contributed by atoms with Crippen molar-refractivity contribution in [2.45, 2.75) is 13.8 Å². The number of para-hydroxylation sites is 1. The Bertz CT molecular complexity index is 1600. The maximum Gasteiger partial charge on any atom is 0.224 e. The zero-order valence-electron chi connectivity index (χ0n) is 17.5. The second-order valence-corrected chi connectivity index (χ2v) is 8.54. The Kier molecular flexibility index (Phi) is 3.08. The Balaban J connectivity index is 2.10. The number of pyridine rings is 2. The minimum atomic E-state index is 1.23. The average Bonchev–Trinajstić information content (AvgIpc) is 3.04. The van der Waals surface area contributed by atoms with Crippen LogP contribution in [0.25, 0.3) is 49.0 Å². The van der Waals surface area contributed by atoms with Gasteiger partial charge in [-0.2, -0.15) is 0 Å². The molecule has 29 heavy (non-hydrogen) atoms. The molecule has 0 radical (unpaired) electrons. The van der Waals surface area contributed by atoms with Crippen LogP contribution in [0.3, 0.4) is 0 Å². The fourth-order valence-electron chi connectivity index (χ4n) is 5.10. The van der Waals surface area contributed by atoms with Gasteiger partial charge in [-0.1, -0.05) is 18.2 Å². The molecule has 3 aromatic heterocycles. The zero-order valence-corrected chi connectivity index (χ0v) is 17.5. The molecule has 0 spiro atoms. The van der Waals surface area contributed by atoms with Crippen LogP contribution in [0, 0.1) is 13.8 Å². The molecule has 0 aliphatic carbocycles. The highest BCUT2D eigenvalue weighted by Crippen LogP contribution is 2.42. The lowest BCUT2D eigenvalue weighted by Gasteiger charge is -2.18. The summed E-state index contributed by atoms with van der Waals surface area (Å²) in [5.74, 6) is 0. The van der Waals surface area contributed by atoms with Gasteiger partial charge in [-0.3, -0.25) is 0 Å². The van der Waals surface area contributed by atoms with Crippen LogP contribution < -0.4 is 9.47 Å². The highest BCUT2D eigenvalue weighted by molar-refractivity contribution is 6.26. The Morgan fingerprint density at radius 2 is 1.66 bits per heavy atom. The molecule has 0 amide bonds. The monoisotopic (exact) mass is 378 g/mol. The Labute approximate surface area is 169 Å².